The summed E-state index contributed by atoms with van der Waals surface area (Å²) >= 11 is 0. The Morgan fingerprint density at radius 3 is 2.58 bits per heavy atom. The smallest absolute Gasteiger partial charge is 0.322 e. The molecule has 0 radical (unpaired) electrons. The standard InChI is InChI=1S/C23H31FN4O3/c24-17-5-3-4-16(14-17)23(10-1-2-11-23)15-28-12-8-18(9-13-28)25-20(29)7-6-19-21(30)27-22(31)26-19/h3-5,14,18-19H,1-2,6-13,15H2,(H,25,29)(H2,26,27,30,31). The molecule has 1 atom stereocenters. The molecule has 2 heterocycles. The van der Waals surface area contributed by atoms with Crippen molar-refractivity contribution in [2.45, 2.75) is 68.9 Å². The molecule has 4 rings (SSSR count). The second-order valence-corrected chi connectivity index (χ2v) is 9.17. The lowest BCUT2D eigenvalue weighted by Gasteiger charge is -2.39. The lowest BCUT2D eigenvalue weighted by atomic mass is 9.78. The minimum Gasteiger partial charge on any atom is -0.353 e. The molecular formula is C23H31FN4O3. The van der Waals surface area contributed by atoms with Crippen LogP contribution in [0, 0.1) is 5.82 Å². The Bertz CT molecular complexity index is 832. The van der Waals surface area contributed by atoms with Crippen molar-refractivity contribution >= 4 is 17.8 Å². The third-order valence-corrected chi connectivity index (χ3v) is 7.00. The second kappa shape index (κ2) is 9.34. The summed E-state index contributed by atoms with van der Waals surface area (Å²) in [7, 11) is 0. The van der Waals surface area contributed by atoms with Crippen LogP contribution in [0.4, 0.5) is 9.18 Å². The molecule has 0 bridgehead atoms. The average Bonchev–Trinajstić information content (AvgIpc) is 3.34. The predicted octanol–water partition coefficient (Wildman–Crippen LogP) is 2.21. The number of hydrogen-bond donors (Lipinski definition) is 3. The zero-order chi connectivity index (χ0) is 21.8. The molecule has 0 spiro atoms. The molecule has 4 amide bonds. The van der Waals surface area contributed by atoms with E-state index < -0.39 is 12.1 Å². The summed E-state index contributed by atoms with van der Waals surface area (Å²) in [6, 6.07) is 6.09. The number of rotatable bonds is 7. The van der Waals surface area contributed by atoms with E-state index in [0.29, 0.717) is 6.42 Å². The number of urea groups is 1. The van der Waals surface area contributed by atoms with Gasteiger partial charge < -0.3 is 15.5 Å². The summed E-state index contributed by atoms with van der Waals surface area (Å²) in [5, 5.41) is 7.76. The van der Waals surface area contributed by atoms with E-state index in [4.69, 9.17) is 0 Å². The van der Waals surface area contributed by atoms with E-state index in [1.165, 1.54) is 18.9 Å². The summed E-state index contributed by atoms with van der Waals surface area (Å²) in [5.41, 5.74) is 1.15. The molecule has 1 saturated carbocycles. The van der Waals surface area contributed by atoms with E-state index in [9.17, 15) is 18.8 Å². The summed E-state index contributed by atoms with van der Waals surface area (Å²) in [5.74, 6) is -0.621. The fraction of sp³-hybridized carbons (Fsp3) is 0.609. The van der Waals surface area contributed by atoms with Crippen LogP contribution in [-0.2, 0) is 15.0 Å². The largest absolute Gasteiger partial charge is 0.353 e. The fourth-order valence-corrected chi connectivity index (χ4v) is 5.31. The number of amides is 4. The first-order valence-corrected chi connectivity index (χ1v) is 11.3. The van der Waals surface area contributed by atoms with E-state index >= 15 is 0 Å². The van der Waals surface area contributed by atoms with Gasteiger partial charge in [-0.1, -0.05) is 25.0 Å². The maximum absolute atomic E-state index is 13.8. The van der Waals surface area contributed by atoms with Crippen molar-refractivity contribution in [3.63, 3.8) is 0 Å². The first-order chi connectivity index (χ1) is 14.9. The van der Waals surface area contributed by atoms with Crippen LogP contribution in [0.2, 0.25) is 0 Å². The average molecular weight is 431 g/mol. The number of piperidine rings is 1. The number of imide groups is 1. The van der Waals surface area contributed by atoms with E-state index in [1.54, 1.807) is 6.07 Å². The Hall–Kier alpha value is -2.48. The van der Waals surface area contributed by atoms with Crippen LogP contribution in [0.15, 0.2) is 24.3 Å². The van der Waals surface area contributed by atoms with Crippen molar-refractivity contribution in [3.8, 4) is 0 Å². The van der Waals surface area contributed by atoms with Gasteiger partial charge in [0.1, 0.15) is 11.9 Å². The highest BCUT2D eigenvalue weighted by atomic mass is 19.1. The Kier molecular flexibility index (Phi) is 6.55. The number of nitrogens with one attached hydrogen (secondary N) is 3. The van der Waals surface area contributed by atoms with Crippen LogP contribution in [0.5, 0.6) is 0 Å². The zero-order valence-corrected chi connectivity index (χ0v) is 17.8. The first-order valence-electron chi connectivity index (χ1n) is 11.3. The fourth-order valence-electron chi connectivity index (χ4n) is 5.31. The lowest BCUT2D eigenvalue weighted by molar-refractivity contribution is -0.123. The van der Waals surface area contributed by atoms with E-state index in [-0.39, 0.29) is 35.5 Å². The van der Waals surface area contributed by atoms with Gasteiger partial charge in [0.05, 0.1) is 0 Å². The van der Waals surface area contributed by atoms with Crippen molar-refractivity contribution in [3.05, 3.63) is 35.6 Å². The normalized spacial score (nSPS) is 24.1. The van der Waals surface area contributed by atoms with E-state index in [2.05, 4.69) is 26.9 Å². The van der Waals surface area contributed by atoms with Crippen molar-refractivity contribution < 1.29 is 18.8 Å². The minimum atomic E-state index is -0.620. The van der Waals surface area contributed by atoms with Gasteiger partial charge in [0, 0.05) is 37.5 Å². The highest BCUT2D eigenvalue weighted by molar-refractivity contribution is 6.04. The minimum absolute atomic E-state index is 0.0322. The van der Waals surface area contributed by atoms with Gasteiger partial charge in [-0.2, -0.15) is 0 Å². The lowest BCUT2D eigenvalue weighted by Crippen LogP contribution is -2.48. The summed E-state index contributed by atoms with van der Waals surface area (Å²) in [6.07, 6.45) is 6.83. The molecule has 8 heteroatoms. The number of carbonyl (C=O) groups is 3. The molecule has 3 aliphatic rings. The summed E-state index contributed by atoms with van der Waals surface area (Å²) in [4.78, 5) is 37.4. The highest BCUT2D eigenvalue weighted by Gasteiger charge is 2.38. The van der Waals surface area contributed by atoms with Crippen LogP contribution in [0.3, 0.4) is 0 Å². The number of halogens is 1. The maximum atomic E-state index is 13.8. The molecule has 3 N–H and O–H groups in total. The van der Waals surface area contributed by atoms with Crippen molar-refractivity contribution in [1.82, 2.24) is 20.9 Å². The van der Waals surface area contributed by atoms with Gasteiger partial charge in [-0.15, -0.1) is 0 Å². The molecule has 1 unspecified atom stereocenters. The zero-order valence-electron chi connectivity index (χ0n) is 17.8. The van der Waals surface area contributed by atoms with Gasteiger partial charge >= 0.3 is 6.03 Å². The molecule has 31 heavy (non-hydrogen) atoms. The van der Waals surface area contributed by atoms with Gasteiger partial charge in [0.2, 0.25) is 5.91 Å². The molecule has 7 nitrogen and oxygen atoms in total. The molecule has 3 fully saturated rings. The van der Waals surface area contributed by atoms with Crippen LogP contribution in [0.1, 0.15) is 56.9 Å². The van der Waals surface area contributed by atoms with Gasteiger partial charge in [-0.05, 0) is 49.8 Å². The maximum Gasteiger partial charge on any atom is 0.322 e. The number of nitrogens with zero attached hydrogens (tertiary/aromatic N) is 1. The topological polar surface area (TPSA) is 90.5 Å². The first kappa shape index (κ1) is 21.7. The molecule has 0 aromatic heterocycles. The third kappa shape index (κ3) is 5.23. The predicted molar refractivity (Wildman–Crippen MR) is 114 cm³/mol. The Morgan fingerprint density at radius 2 is 1.94 bits per heavy atom. The van der Waals surface area contributed by atoms with Crippen LogP contribution < -0.4 is 16.0 Å². The highest BCUT2D eigenvalue weighted by Crippen LogP contribution is 2.42. The van der Waals surface area contributed by atoms with Crippen LogP contribution >= 0.6 is 0 Å². The summed E-state index contributed by atoms with van der Waals surface area (Å²) in [6.45, 7) is 2.75. The van der Waals surface area contributed by atoms with Crippen LogP contribution in [-0.4, -0.2) is 54.5 Å². The van der Waals surface area contributed by atoms with Crippen molar-refractivity contribution in [1.29, 1.82) is 0 Å². The monoisotopic (exact) mass is 430 g/mol. The van der Waals surface area contributed by atoms with Crippen LogP contribution in [0.25, 0.3) is 0 Å². The number of carbonyl (C=O) groups excluding carboxylic acids is 3. The molecule has 2 saturated heterocycles. The van der Waals surface area contributed by atoms with Crippen molar-refractivity contribution in [2.24, 2.45) is 0 Å². The van der Waals surface area contributed by atoms with E-state index in [1.807, 2.05) is 6.07 Å². The molecular weight excluding hydrogens is 399 g/mol. The Balaban J connectivity index is 1.24. The number of hydrogen-bond acceptors (Lipinski definition) is 4. The van der Waals surface area contributed by atoms with E-state index in [0.717, 1.165) is 50.9 Å². The van der Waals surface area contributed by atoms with Gasteiger partial charge in [0.15, 0.2) is 0 Å². The summed E-state index contributed by atoms with van der Waals surface area (Å²) < 4.78 is 13.8. The van der Waals surface area contributed by atoms with Gasteiger partial charge in [-0.3, -0.25) is 14.9 Å². The SMILES string of the molecule is O=C(CCC1NC(=O)NC1=O)NC1CCN(CC2(c3cccc(F)c3)CCCC2)CC1. The molecule has 1 aromatic carbocycles. The quantitative estimate of drug-likeness (QED) is 0.579. The molecule has 168 valence electrons. The Morgan fingerprint density at radius 1 is 1.19 bits per heavy atom. The molecule has 2 aliphatic heterocycles. The van der Waals surface area contributed by atoms with Gasteiger partial charge in [-0.25, -0.2) is 9.18 Å². The second-order valence-electron chi connectivity index (χ2n) is 9.17. The van der Waals surface area contributed by atoms with Crippen molar-refractivity contribution in [2.75, 3.05) is 19.6 Å². The number of likely N-dealkylation sites (tertiary alicyclic amines) is 1. The Labute approximate surface area is 182 Å². The number of benzene rings is 1. The third-order valence-electron chi connectivity index (χ3n) is 7.00. The molecule has 1 aromatic rings. The van der Waals surface area contributed by atoms with Gasteiger partial charge in [0.25, 0.3) is 5.91 Å². The molecule has 1 aliphatic carbocycles.